The highest BCUT2D eigenvalue weighted by Gasteiger charge is 2.13. The van der Waals surface area contributed by atoms with Crippen molar-refractivity contribution in [3.63, 3.8) is 0 Å². The summed E-state index contributed by atoms with van der Waals surface area (Å²) in [7, 11) is 0. The predicted molar refractivity (Wildman–Crippen MR) is 100 cm³/mol. The van der Waals surface area contributed by atoms with Crippen LogP contribution in [0.1, 0.15) is 15.9 Å². The Kier molecular flexibility index (Phi) is 4.33. The molecule has 0 aliphatic heterocycles. The van der Waals surface area contributed by atoms with Crippen LogP contribution in [0.15, 0.2) is 67.1 Å². The zero-order valence-corrected chi connectivity index (χ0v) is 14.4. The van der Waals surface area contributed by atoms with Crippen LogP contribution in [0.3, 0.4) is 0 Å². The molecule has 0 aliphatic carbocycles. The van der Waals surface area contributed by atoms with Crippen LogP contribution in [0.5, 0.6) is 0 Å². The summed E-state index contributed by atoms with van der Waals surface area (Å²) in [5, 5.41) is 8.61. The van der Waals surface area contributed by atoms with Crippen molar-refractivity contribution in [1.82, 2.24) is 19.7 Å². The molecule has 0 bridgehead atoms. The Hall–Kier alpha value is -3.25. The SMILES string of the molecule is O=C(Nc1ncnc2nn(Cc3ccccc3Cl)cc12)c1ccccc1. The molecule has 2 aromatic carbocycles. The normalized spacial score (nSPS) is 10.8. The van der Waals surface area contributed by atoms with Crippen molar-refractivity contribution in [2.45, 2.75) is 6.54 Å². The minimum absolute atomic E-state index is 0.232. The molecular formula is C19H14ClN5O. The number of halogens is 1. The van der Waals surface area contributed by atoms with E-state index in [1.54, 1.807) is 23.0 Å². The van der Waals surface area contributed by atoms with Gasteiger partial charge in [-0.05, 0) is 23.8 Å². The molecule has 26 heavy (non-hydrogen) atoms. The van der Waals surface area contributed by atoms with Crippen molar-refractivity contribution in [3.8, 4) is 0 Å². The summed E-state index contributed by atoms with van der Waals surface area (Å²) in [4.78, 5) is 20.8. The van der Waals surface area contributed by atoms with E-state index in [9.17, 15) is 4.79 Å². The van der Waals surface area contributed by atoms with Crippen LogP contribution < -0.4 is 5.32 Å². The maximum Gasteiger partial charge on any atom is 0.256 e. The van der Waals surface area contributed by atoms with Crippen LogP contribution in [-0.2, 0) is 6.54 Å². The van der Waals surface area contributed by atoms with E-state index in [1.165, 1.54) is 6.33 Å². The molecule has 1 N–H and O–H groups in total. The first kappa shape index (κ1) is 16.2. The quantitative estimate of drug-likeness (QED) is 0.599. The summed E-state index contributed by atoms with van der Waals surface area (Å²) in [6.07, 6.45) is 3.19. The fourth-order valence-electron chi connectivity index (χ4n) is 2.64. The maximum atomic E-state index is 12.4. The number of aromatic nitrogens is 4. The highest BCUT2D eigenvalue weighted by Crippen LogP contribution is 2.21. The van der Waals surface area contributed by atoms with E-state index >= 15 is 0 Å². The van der Waals surface area contributed by atoms with E-state index < -0.39 is 0 Å². The predicted octanol–water partition coefficient (Wildman–Crippen LogP) is 3.78. The van der Waals surface area contributed by atoms with Gasteiger partial charge in [0.25, 0.3) is 5.91 Å². The fraction of sp³-hybridized carbons (Fsp3) is 0.0526. The average molecular weight is 364 g/mol. The van der Waals surface area contributed by atoms with Gasteiger partial charge in [-0.1, -0.05) is 48.0 Å². The van der Waals surface area contributed by atoms with Gasteiger partial charge in [0, 0.05) is 16.8 Å². The zero-order valence-electron chi connectivity index (χ0n) is 13.6. The number of benzene rings is 2. The lowest BCUT2D eigenvalue weighted by molar-refractivity contribution is 0.102. The molecule has 7 heteroatoms. The third-order valence-electron chi connectivity index (χ3n) is 3.92. The number of hydrogen-bond acceptors (Lipinski definition) is 4. The molecule has 0 atom stereocenters. The molecule has 0 spiro atoms. The molecule has 0 fully saturated rings. The Morgan fingerprint density at radius 3 is 2.62 bits per heavy atom. The van der Waals surface area contributed by atoms with E-state index in [4.69, 9.17) is 11.6 Å². The Balaban J connectivity index is 1.64. The molecular weight excluding hydrogens is 350 g/mol. The van der Waals surface area contributed by atoms with Crippen molar-refractivity contribution in [2.24, 2.45) is 0 Å². The number of carbonyl (C=O) groups is 1. The second-order valence-electron chi connectivity index (χ2n) is 5.70. The van der Waals surface area contributed by atoms with E-state index in [0.717, 1.165) is 5.56 Å². The number of nitrogens with one attached hydrogen (secondary N) is 1. The summed E-state index contributed by atoms with van der Waals surface area (Å²) in [6, 6.07) is 16.6. The Bertz CT molecular complexity index is 1080. The molecule has 6 nitrogen and oxygen atoms in total. The molecule has 0 unspecified atom stereocenters. The third kappa shape index (κ3) is 3.27. The molecule has 0 saturated carbocycles. The average Bonchev–Trinajstić information content (AvgIpc) is 3.08. The molecule has 0 radical (unpaired) electrons. The van der Waals surface area contributed by atoms with Gasteiger partial charge in [-0.15, -0.1) is 0 Å². The summed E-state index contributed by atoms with van der Waals surface area (Å²) >= 11 is 6.21. The van der Waals surface area contributed by atoms with Gasteiger partial charge in [0.15, 0.2) is 5.65 Å². The minimum atomic E-state index is -0.232. The maximum absolute atomic E-state index is 12.4. The first-order chi connectivity index (χ1) is 12.7. The van der Waals surface area contributed by atoms with Gasteiger partial charge in [-0.2, -0.15) is 5.10 Å². The highest BCUT2D eigenvalue weighted by atomic mass is 35.5. The molecule has 4 rings (SSSR count). The van der Waals surface area contributed by atoms with Gasteiger partial charge in [0.1, 0.15) is 12.1 Å². The number of fused-ring (bicyclic) bond motifs is 1. The summed E-state index contributed by atoms with van der Waals surface area (Å²) in [6.45, 7) is 0.502. The molecule has 2 aromatic heterocycles. The molecule has 1 amide bonds. The highest BCUT2D eigenvalue weighted by molar-refractivity contribution is 6.31. The largest absolute Gasteiger partial charge is 0.306 e. The van der Waals surface area contributed by atoms with Crippen LogP contribution in [0, 0.1) is 0 Å². The van der Waals surface area contributed by atoms with E-state index in [2.05, 4.69) is 20.4 Å². The van der Waals surface area contributed by atoms with Gasteiger partial charge in [0.05, 0.1) is 11.9 Å². The molecule has 128 valence electrons. The van der Waals surface area contributed by atoms with Crippen LogP contribution >= 0.6 is 11.6 Å². The Morgan fingerprint density at radius 1 is 1.04 bits per heavy atom. The lowest BCUT2D eigenvalue weighted by Crippen LogP contribution is -2.13. The molecule has 4 aromatic rings. The summed E-state index contributed by atoms with van der Waals surface area (Å²) < 4.78 is 1.73. The number of rotatable bonds is 4. The zero-order chi connectivity index (χ0) is 17.9. The summed E-state index contributed by atoms with van der Waals surface area (Å²) in [5.41, 5.74) is 2.02. The van der Waals surface area contributed by atoms with E-state index in [1.807, 2.05) is 42.5 Å². The second kappa shape index (κ2) is 6.93. The lowest BCUT2D eigenvalue weighted by Gasteiger charge is -2.04. The first-order valence-electron chi connectivity index (χ1n) is 7.99. The Morgan fingerprint density at radius 2 is 1.81 bits per heavy atom. The van der Waals surface area contributed by atoms with E-state index in [-0.39, 0.29) is 5.91 Å². The van der Waals surface area contributed by atoms with E-state index in [0.29, 0.717) is 34.0 Å². The number of nitrogens with zero attached hydrogens (tertiary/aromatic N) is 4. The van der Waals surface area contributed by atoms with Crippen LogP contribution in [0.25, 0.3) is 11.0 Å². The standard InChI is InChI=1S/C19H14ClN5O/c20-16-9-5-4-8-14(16)10-25-11-15-17(21-12-22-18(15)24-25)23-19(26)13-6-2-1-3-7-13/h1-9,11-12H,10H2,(H,21,22,23,24,26). The molecule has 2 heterocycles. The number of carbonyl (C=O) groups excluding carboxylic acids is 1. The van der Waals surface area contributed by atoms with Crippen molar-refractivity contribution >= 4 is 34.4 Å². The first-order valence-corrected chi connectivity index (χ1v) is 8.36. The fourth-order valence-corrected chi connectivity index (χ4v) is 2.83. The number of anilines is 1. The molecule has 0 saturated heterocycles. The van der Waals surface area contributed by atoms with Crippen LogP contribution in [-0.4, -0.2) is 25.7 Å². The molecule has 0 aliphatic rings. The monoisotopic (exact) mass is 363 g/mol. The lowest BCUT2D eigenvalue weighted by atomic mass is 10.2. The van der Waals surface area contributed by atoms with Crippen molar-refractivity contribution in [3.05, 3.63) is 83.3 Å². The number of hydrogen-bond donors (Lipinski definition) is 1. The van der Waals surface area contributed by atoms with Crippen molar-refractivity contribution < 1.29 is 4.79 Å². The van der Waals surface area contributed by atoms with Gasteiger partial charge in [-0.3, -0.25) is 9.48 Å². The van der Waals surface area contributed by atoms with Gasteiger partial charge < -0.3 is 5.32 Å². The third-order valence-corrected chi connectivity index (χ3v) is 4.29. The number of amides is 1. The Labute approximate surface area is 154 Å². The van der Waals surface area contributed by atoms with Gasteiger partial charge in [-0.25, -0.2) is 9.97 Å². The second-order valence-corrected chi connectivity index (χ2v) is 6.10. The van der Waals surface area contributed by atoms with Crippen LogP contribution in [0.4, 0.5) is 5.82 Å². The van der Waals surface area contributed by atoms with Crippen molar-refractivity contribution in [1.29, 1.82) is 0 Å². The topological polar surface area (TPSA) is 72.7 Å². The van der Waals surface area contributed by atoms with Gasteiger partial charge >= 0.3 is 0 Å². The van der Waals surface area contributed by atoms with Crippen molar-refractivity contribution in [2.75, 3.05) is 5.32 Å². The van der Waals surface area contributed by atoms with Crippen LogP contribution in [0.2, 0.25) is 5.02 Å². The smallest absolute Gasteiger partial charge is 0.256 e. The minimum Gasteiger partial charge on any atom is -0.306 e. The summed E-state index contributed by atoms with van der Waals surface area (Å²) in [5.74, 6) is 0.193. The van der Waals surface area contributed by atoms with Gasteiger partial charge in [0.2, 0.25) is 0 Å².